The van der Waals surface area contributed by atoms with E-state index in [-0.39, 0.29) is 56.6 Å². The fourth-order valence-corrected chi connectivity index (χ4v) is 14.4. The molecule has 5 bridgehead atoms. The van der Waals surface area contributed by atoms with Crippen LogP contribution in [0, 0.1) is 0 Å². The maximum absolute atomic E-state index is 7.67. The average Bonchev–Trinajstić information content (AvgIpc) is 4.25. The molecular weight excluding hydrogens is 964 g/mol. The van der Waals surface area contributed by atoms with Crippen molar-refractivity contribution in [2.45, 2.75) is 163 Å². The summed E-state index contributed by atoms with van der Waals surface area (Å²) in [4.78, 5) is 7.46. The van der Waals surface area contributed by atoms with Gasteiger partial charge in [0.05, 0.1) is 0 Å². The van der Waals surface area contributed by atoms with Crippen LogP contribution in [0.25, 0.3) is 0 Å². The van der Waals surface area contributed by atoms with Crippen LogP contribution < -0.4 is 67.2 Å². The number of hydrogen-bond donors (Lipinski definition) is 2. The molecule has 7 aliphatic heterocycles. The Bertz CT molecular complexity index is 2740. The van der Waals surface area contributed by atoms with Crippen LogP contribution in [-0.2, 0) is 41.3 Å². The Morgan fingerprint density at radius 1 is 0.413 bits per heavy atom. The van der Waals surface area contributed by atoms with Gasteiger partial charge in [-0.25, -0.2) is 0 Å². The molecule has 3 fully saturated rings. The molecule has 7 aliphatic rings. The summed E-state index contributed by atoms with van der Waals surface area (Å²) in [6, 6.07) is 27.3. The van der Waals surface area contributed by atoms with Crippen molar-refractivity contribution >= 4 is 37.3 Å². The number of ether oxygens (including phenoxy) is 4. The molecule has 2 N–H and O–H groups in total. The van der Waals surface area contributed by atoms with Crippen LogP contribution in [0.1, 0.15) is 180 Å². The van der Waals surface area contributed by atoms with Crippen LogP contribution in [0.2, 0.25) is 0 Å². The smallest absolute Gasteiger partial charge is 1.00 e. The molecule has 0 atom stereocenters. The van der Waals surface area contributed by atoms with Gasteiger partial charge < -0.3 is 14.2 Å². The summed E-state index contributed by atoms with van der Waals surface area (Å²) in [7, 11) is -5.22. The minimum atomic E-state index is -5.22. The predicted octanol–water partition coefficient (Wildman–Crippen LogP) is 8.22. The summed E-state index contributed by atoms with van der Waals surface area (Å²) in [5.74, 6) is 4.04. The van der Waals surface area contributed by atoms with Gasteiger partial charge in [0.1, 0.15) is 0 Å². The van der Waals surface area contributed by atoms with E-state index in [1.165, 1.54) is 38.5 Å². The van der Waals surface area contributed by atoms with Crippen molar-refractivity contribution in [2.24, 2.45) is 0 Å². The summed E-state index contributed by atoms with van der Waals surface area (Å²) in [6.45, 7) is 37.3. The Labute approximate surface area is 470 Å². The Hall–Kier alpha value is -4.46. The third-order valence-corrected chi connectivity index (χ3v) is 18.4. The SMILES string of the molecule is C1CCOC1.C1CCOC1.C1CCOC1.CC(C)(C)c1cc(C(C)(C)C)c2c3c1C=[NH+]c1cccc4c1Oc1c(cccc1C4(C)C)[NH+]=Cc1c(C(C)(C)C)cc(C(C)(C)C)c4c1O[Si-](c1ccccc1)(O2)(O4)O3.[Na+]. The molecule has 3 saturated heterocycles. The molecule has 0 aliphatic carbocycles. The molecule has 0 unspecified atom stereocenters. The molecule has 396 valence electrons. The maximum Gasteiger partial charge on any atom is 1.00 e. The zero-order valence-corrected chi connectivity index (χ0v) is 50.9. The van der Waals surface area contributed by atoms with Gasteiger partial charge in [-0.2, -0.15) is 0 Å². The summed E-state index contributed by atoms with van der Waals surface area (Å²) in [6.07, 6.45) is 11.8. The standard InChI is InChI=1S/C51H57N2O5Si.3C4H8O.Na/c1-47(2,3)35-26-37(49(7,8)9)45-41-31(35)28-52-39-24-18-22-33-43(39)54-44-34(51(33,13)14)23-19-25-40(44)53-29-32-36(48(4,5)6)27-38(50(10,11)12)46-42(32)56-59(55-41,57-45,58-46)30-20-16-15-17-21-30;3*1-2-4-5-3-1;/h15-29H,1-14H3;3*1-4H2;/q-1;;;;+1/p+2. The number of para-hydroxylation sites is 2. The van der Waals surface area contributed by atoms with E-state index in [4.69, 9.17) is 36.7 Å². The van der Waals surface area contributed by atoms with Crippen LogP contribution in [0.15, 0.2) is 78.9 Å². The van der Waals surface area contributed by atoms with Crippen LogP contribution in [0.4, 0.5) is 11.4 Å². The minimum Gasteiger partial charge on any atom is 1.00 e. The van der Waals surface area contributed by atoms with E-state index in [0.717, 1.165) is 112 Å². The normalized spacial score (nSPS) is 19.3. The predicted molar refractivity (Wildman–Crippen MR) is 299 cm³/mol. The van der Waals surface area contributed by atoms with Crippen molar-refractivity contribution in [3.8, 4) is 34.5 Å². The molecule has 10 nitrogen and oxygen atoms in total. The van der Waals surface area contributed by atoms with Crippen LogP contribution in [0.3, 0.4) is 0 Å². The molecule has 1 spiro atoms. The second kappa shape index (κ2) is 21.4. The molecule has 7 heterocycles. The third kappa shape index (κ3) is 11.2. The largest absolute Gasteiger partial charge is 1.00 e. The second-order valence-corrected chi connectivity index (χ2v) is 28.6. The van der Waals surface area contributed by atoms with Crippen LogP contribution >= 0.6 is 0 Å². The van der Waals surface area contributed by atoms with E-state index in [2.05, 4.69) is 168 Å². The van der Waals surface area contributed by atoms with Gasteiger partial charge in [0.25, 0.3) is 0 Å². The molecule has 0 radical (unpaired) electrons. The minimum absolute atomic E-state index is 0. The summed E-state index contributed by atoms with van der Waals surface area (Å²) in [5, 5.41) is 0.725. The van der Waals surface area contributed by atoms with Gasteiger partial charge >= 0.3 is 381 Å². The van der Waals surface area contributed by atoms with E-state index in [9.17, 15) is 0 Å². The van der Waals surface area contributed by atoms with Crippen LogP contribution in [0.5, 0.6) is 34.5 Å². The van der Waals surface area contributed by atoms with E-state index in [1.54, 1.807) is 0 Å². The first-order chi connectivity index (χ1) is 34.9. The summed E-state index contributed by atoms with van der Waals surface area (Å²) in [5.41, 5.74) is 8.28. The first-order valence-corrected chi connectivity index (χ1v) is 29.4. The number of rotatable bonds is 1. The first kappa shape index (κ1) is 56.7. The quantitative estimate of drug-likeness (QED) is 0.162. The molecule has 0 saturated carbocycles. The fraction of sp³-hybridized carbons (Fsp3) is 0.492. The van der Waals surface area contributed by atoms with Gasteiger partial charge in [-0.05, 0) is 38.5 Å². The molecule has 5 aromatic rings. The van der Waals surface area contributed by atoms with Crippen molar-refractivity contribution in [3.05, 3.63) is 123 Å². The van der Waals surface area contributed by atoms with Gasteiger partial charge in [-0.1, -0.05) is 0 Å². The fourth-order valence-electron chi connectivity index (χ4n) is 10.7. The van der Waals surface area contributed by atoms with E-state index < -0.39 is 8.33 Å². The topological polar surface area (TPSA) is 102 Å². The number of hydrogen-bond acceptors (Lipinski definition) is 8. The number of nitrogens with one attached hydrogen (secondary N) is 2. The monoisotopic (exact) mass is 1050 g/mol. The van der Waals surface area contributed by atoms with Crippen LogP contribution in [-0.4, -0.2) is 60.4 Å². The van der Waals surface area contributed by atoms with E-state index in [1.807, 2.05) is 30.3 Å². The van der Waals surface area contributed by atoms with Crippen molar-refractivity contribution < 1.29 is 76.2 Å². The Kier molecular flexibility index (Phi) is 16.2. The van der Waals surface area contributed by atoms with Crippen molar-refractivity contribution in [2.75, 3.05) is 39.6 Å². The third-order valence-electron chi connectivity index (χ3n) is 14.9. The Morgan fingerprint density at radius 2 is 0.760 bits per heavy atom. The molecule has 75 heavy (non-hydrogen) atoms. The molecule has 12 rings (SSSR count). The van der Waals surface area contributed by atoms with Crippen molar-refractivity contribution in [1.29, 1.82) is 0 Å². The van der Waals surface area contributed by atoms with Crippen molar-refractivity contribution in [1.82, 2.24) is 0 Å². The maximum atomic E-state index is 7.67. The van der Waals surface area contributed by atoms with E-state index in [0.29, 0.717) is 23.0 Å². The number of benzene rings is 5. The molecule has 12 heteroatoms. The first-order valence-electron chi connectivity index (χ1n) is 27.2. The average molecular weight is 1050 g/mol. The van der Waals surface area contributed by atoms with E-state index >= 15 is 0 Å². The molecule has 0 aromatic heterocycles. The van der Waals surface area contributed by atoms with Gasteiger partial charge in [-0.15, -0.1) is 0 Å². The van der Waals surface area contributed by atoms with Crippen molar-refractivity contribution in [3.63, 3.8) is 0 Å². The van der Waals surface area contributed by atoms with Gasteiger partial charge in [0.2, 0.25) is 0 Å². The molecular formula is C63H83N2NaO8Si+2. The zero-order chi connectivity index (χ0) is 52.9. The Balaban J connectivity index is 0.000000401. The second-order valence-electron chi connectivity index (χ2n) is 25.4. The Morgan fingerprint density at radius 3 is 1.08 bits per heavy atom. The summed E-state index contributed by atoms with van der Waals surface area (Å²) >= 11 is 0. The zero-order valence-electron chi connectivity index (χ0n) is 47.9. The van der Waals surface area contributed by atoms with Gasteiger partial charge in [0.15, 0.2) is 0 Å². The summed E-state index contributed by atoms with van der Waals surface area (Å²) < 4.78 is 52.4. The van der Waals surface area contributed by atoms with Gasteiger partial charge in [-0.3, -0.25) is 0 Å². The molecule has 5 aromatic carbocycles. The van der Waals surface area contributed by atoms with Gasteiger partial charge in [0, 0.05) is 39.6 Å². The molecule has 0 amide bonds.